The second kappa shape index (κ2) is 9.12. The number of aromatic nitrogens is 2. The molecule has 28 heavy (non-hydrogen) atoms. The first-order chi connectivity index (χ1) is 13.2. The van der Waals surface area contributed by atoms with Crippen LogP contribution in [0.25, 0.3) is 0 Å². The molecule has 1 aromatic carbocycles. The van der Waals surface area contributed by atoms with E-state index in [0.717, 1.165) is 12.0 Å². The Morgan fingerprint density at radius 1 is 1.29 bits per heavy atom. The van der Waals surface area contributed by atoms with Crippen LogP contribution in [0.3, 0.4) is 0 Å². The third-order valence-corrected chi connectivity index (χ3v) is 4.43. The van der Waals surface area contributed by atoms with Gasteiger partial charge in [0.25, 0.3) is 5.91 Å². The van der Waals surface area contributed by atoms with Crippen molar-refractivity contribution < 1.29 is 19.2 Å². The molecule has 0 fully saturated rings. The number of nitrogens with one attached hydrogen (secondary N) is 1. The molecule has 9 heteroatoms. The van der Waals surface area contributed by atoms with Crippen molar-refractivity contribution in [3.05, 3.63) is 56.9 Å². The maximum atomic E-state index is 12.0. The number of nitrogens with zero attached hydrogens (tertiary/aromatic N) is 3. The Hall–Kier alpha value is -3.23. The lowest BCUT2D eigenvalue weighted by Crippen LogP contribution is -2.31. The first kappa shape index (κ1) is 21.1. The summed E-state index contributed by atoms with van der Waals surface area (Å²) in [7, 11) is 0. The predicted molar refractivity (Wildman–Crippen MR) is 102 cm³/mol. The van der Waals surface area contributed by atoms with Crippen LogP contribution in [0.4, 0.5) is 5.69 Å². The Balaban J connectivity index is 1.86. The lowest BCUT2D eigenvalue weighted by Gasteiger charge is -2.15. The fourth-order valence-corrected chi connectivity index (χ4v) is 2.83. The van der Waals surface area contributed by atoms with Crippen LogP contribution in [-0.4, -0.2) is 33.2 Å². The minimum Gasteiger partial charge on any atom is -0.454 e. The average Bonchev–Trinajstić information content (AvgIpc) is 2.93. The molecule has 1 atom stereocenters. The maximum Gasteiger partial charge on any atom is 0.328 e. The Bertz CT molecular complexity index is 873. The standard InChI is InChI=1S/C19H24N4O5/c1-5-15-6-8-16(9-7-15)12(2)20-17(24)11-28-18(25)10-22-14(4)19(23(26)27)13(3)21-22/h6-9,12H,5,10-11H2,1-4H3,(H,20,24)/t12-/m1/s1. The SMILES string of the molecule is CCc1ccc([C@@H](C)NC(=O)COC(=O)Cn2nc(C)c([N+](=O)[O-])c2C)cc1. The number of rotatable bonds is 8. The van der Waals surface area contributed by atoms with E-state index in [-0.39, 0.29) is 29.7 Å². The molecule has 150 valence electrons. The first-order valence-corrected chi connectivity index (χ1v) is 8.95. The van der Waals surface area contributed by atoms with E-state index in [9.17, 15) is 19.7 Å². The topological polar surface area (TPSA) is 116 Å². The van der Waals surface area contributed by atoms with Gasteiger partial charge in [-0.2, -0.15) is 5.10 Å². The highest BCUT2D eigenvalue weighted by Crippen LogP contribution is 2.21. The average molecular weight is 388 g/mol. The van der Waals surface area contributed by atoms with Gasteiger partial charge in [-0.3, -0.25) is 24.4 Å². The lowest BCUT2D eigenvalue weighted by atomic mass is 10.1. The number of nitro groups is 1. The Morgan fingerprint density at radius 2 is 1.93 bits per heavy atom. The van der Waals surface area contributed by atoms with Crippen molar-refractivity contribution in [2.24, 2.45) is 0 Å². The van der Waals surface area contributed by atoms with E-state index >= 15 is 0 Å². The van der Waals surface area contributed by atoms with Gasteiger partial charge in [-0.1, -0.05) is 31.2 Å². The van der Waals surface area contributed by atoms with E-state index in [4.69, 9.17) is 4.74 Å². The van der Waals surface area contributed by atoms with Gasteiger partial charge in [-0.05, 0) is 38.3 Å². The molecular weight excluding hydrogens is 364 g/mol. The van der Waals surface area contributed by atoms with Crippen LogP contribution < -0.4 is 5.32 Å². The molecule has 0 unspecified atom stereocenters. The summed E-state index contributed by atoms with van der Waals surface area (Å²) < 4.78 is 6.16. The number of hydrogen-bond acceptors (Lipinski definition) is 6. The van der Waals surface area contributed by atoms with Crippen molar-refractivity contribution in [2.75, 3.05) is 6.61 Å². The fourth-order valence-electron chi connectivity index (χ4n) is 2.83. The Morgan fingerprint density at radius 3 is 2.46 bits per heavy atom. The van der Waals surface area contributed by atoms with E-state index in [2.05, 4.69) is 17.3 Å². The molecule has 1 amide bonds. The molecule has 2 aromatic rings. The fraction of sp³-hybridized carbons (Fsp3) is 0.421. The molecule has 0 spiro atoms. The van der Waals surface area contributed by atoms with Gasteiger partial charge in [0.1, 0.15) is 17.9 Å². The quantitative estimate of drug-likeness (QED) is 0.422. The van der Waals surface area contributed by atoms with Crippen molar-refractivity contribution in [1.82, 2.24) is 15.1 Å². The Labute approximate surface area is 162 Å². The van der Waals surface area contributed by atoms with Crippen molar-refractivity contribution in [2.45, 2.75) is 46.7 Å². The van der Waals surface area contributed by atoms with Gasteiger partial charge in [-0.25, -0.2) is 0 Å². The van der Waals surface area contributed by atoms with E-state index < -0.39 is 23.4 Å². The number of hydrogen-bond donors (Lipinski definition) is 1. The highest BCUT2D eigenvalue weighted by Gasteiger charge is 2.23. The largest absolute Gasteiger partial charge is 0.454 e. The van der Waals surface area contributed by atoms with E-state index in [1.807, 2.05) is 31.2 Å². The van der Waals surface area contributed by atoms with Gasteiger partial charge in [0.05, 0.1) is 11.0 Å². The van der Waals surface area contributed by atoms with Crippen LogP contribution in [0, 0.1) is 24.0 Å². The number of carbonyl (C=O) groups excluding carboxylic acids is 2. The normalized spacial score (nSPS) is 11.7. The molecule has 2 rings (SSSR count). The molecule has 1 heterocycles. The zero-order valence-electron chi connectivity index (χ0n) is 16.4. The summed E-state index contributed by atoms with van der Waals surface area (Å²) in [5.74, 6) is -1.13. The monoisotopic (exact) mass is 388 g/mol. The smallest absolute Gasteiger partial charge is 0.328 e. The van der Waals surface area contributed by atoms with Gasteiger partial charge < -0.3 is 10.1 Å². The molecule has 0 aliphatic heterocycles. The zero-order chi connectivity index (χ0) is 20.8. The molecule has 0 radical (unpaired) electrons. The Kier molecular flexibility index (Phi) is 6.86. The molecule has 1 aromatic heterocycles. The molecule has 0 saturated heterocycles. The van der Waals surface area contributed by atoms with E-state index in [1.54, 1.807) is 0 Å². The number of esters is 1. The molecule has 0 saturated carbocycles. The van der Waals surface area contributed by atoms with Gasteiger partial charge in [-0.15, -0.1) is 0 Å². The van der Waals surface area contributed by atoms with Crippen LogP contribution in [0.5, 0.6) is 0 Å². The second-order valence-corrected chi connectivity index (χ2v) is 6.48. The molecule has 1 N–H and O–H groups in total. The zero-order valence-corrected chi connectivity index (χ0v) is 16.4. The summed E-state index contributed by atoms with van der Waals surface area (Å²) >= 11 is 0. The minimum absolute atomic E-state index is 0.131. The molecule has 0 aliphatic rings. The maximum absolute atomic E-state index is 12.0. The van der Waals surface area contributed by atoms with Gasteiger partial charge in [0.15, 0.2) is 6.61 Å². The van der Waals surface area contributed by atoms with Crippen LogP contribution in [0.15, 0.2) is 24.3 Å². The third-order valence-electron chi connectivity index (χ3n) is 4.43. The minimum atomic E-state index is -0.699. The summed E-state index contributed by atoms with van der Waals surface area (Å²) in [6.07, 6.45) is 0.940. The molecular formula is C19H24N4O5. The molecule has 0 bridgehead atoms. The van der Waals surface area contributed by atoms with Crippen molar-refractivity contribution in [3.8, 4) is 0 Å². The molecule has 9 nitrogen and oxygen atoms in total. The van der Waals surface area contributed by atoms with Crippen LogP contribution in [0.2, 0.25) is 0 Å². The van der Waals surface area contributed by atoms with Crippen LogP contribution in [0.1, 0.15) is 42.4 Å². The van der Waals surface area contributed by atoms with Crippen molar-refractivity contribution in [3.63, 3.8) is 0 Å². The second-order valence-electron chi connectivity index (χ2n) is 6.48. The predicted octanol–water partition coefficient (Wildman–Crippen LogP) is 2.39. The lowest BCUT2D eigenvalue weighted by molar-refractivity contribution is -0.386. The van der Waals surface area contributed by atoms with Gasteiger partial charge in [0.2, 0.25) is 0 Å². The summed E-state index contributed by atoms with van der Waals surface area (Å²) in [5.41, 5.74) is 2.50. The van der Waals surface area contributed by atoms with Gasteiger partial charge in [0, 0.05) is 0 Å². The number of carbonyl (C=O) groups is 2. The summed E-state index contributed by atoms with van der Waals surface area (Å²) in [4.78, 5) is 34.4. The van der Waals surface area contributed by atoms with Crippen molar-refractivity contribution in [1.29, 1.82) is 0 Å². The van der Waals surface area contributed by atoms with E-state index in [0.29, 0.717) is 0 Å². The third kappa shape index (κ3) is 5.15. The molecule has 0 aliphatic carbocycles. The summed E-state index contributed by atoms with van der Waals surface area (Å²) in [6, 6.07) is 7.68. The van der Waals surface area contributed by atoms with Crippen LogP contribution >= 0.6 is 0 Å². The summed E-state index contributed by atoms with van der Waals surface area (Å²) in [5, 5.41) is 17.7. The number of ether oxygens (including phenoxy) is 1. The number of benzene rings is 1. The number of amides is 1. The first-order valence-electron chi connectivity index (χ1n) is 8.95. The van der Waals surface area contributed by atoms with E-state index in [1.165, 1.54) is 24.1 Å². The number of aryl methyl sites for hydroxylation is 2. The highest BCUT2D eigenvalue weighted by molar-refractivity contribution is 5.80. The van der Waals surface area contributed by atoms with Crippen LogP contribution in [-0.2, 0) is 27.3 Å². The summed E-state index contributed by atoms with van der Waals surface area (Å²) in [6.45, 7) is 6.17. The van der Waals surface area contributed by atoms with Crippen molar-refractivity contribution >= 4 is 17.6 Å². The van der Waals surface area contributed by atoms with Gasteiger partial charge >= 0.3 is 11.7 Å². The highest BCUT2D eigenvalue weighted by atomic mass is 16.6.